The molecule has 0 aromatic heterocycles. The normalized spacial score (nSPS) is 16.1. The van der Waals surface area contributed by atoms with E-state index in [1.165, 1.54) is 23.1 Å². The number of carbonyl (C=O) groups is 2. The Bertz CT molecular complexity index is 901. The van der Waals surface area contributed by atoms with Crippen LogP contribution >= 0.6 is 0 Å². The number of halogens is 3. The van der Waals surface area contributed by atoms with Gasteiger partial charge in [-0.3, -0.25) is 9.59 Å². The summed E-state index contributed by atoms with van der Waals surface area (Å²) in [5, 5.41) is 2.56. The predicted molar refractivity (Wildman–Crippen MR) is 98.5 cm³/mol. The van der Waals surface area contributed by atoms with Crippen LogP contribution in [0.5, 0.6) is 11.5 Å². The summed E-state index contributed by atoms with van der Waals surface area (Å²) >= 11 is 0. The van der Waals surface area contributed by atoms with Crippen LogP contribution in [0.4, 0.5) is 18.9 Å². The monoisotopic (exact) mass is 408 g/mol. The predicted octanol–water partition coefficient (Wildman–Crippen LogP) is 3.41. The number of hydrogen-bond acceptors (Lipinski definition) is 4. The molecule has 1 atom stereocenters. The summed E-state index contributed by atoms with van der Waals surface area (Å²) in [5.41, 5.74) is 0.770. The van der Waals surface area contributed by atoms with Crippen molar-refractivity contribution in [3.63, 3.8) is 0 Å². The molecule has 2 aromatic rings. The van der Waals surface area contributed by atoms with Crippen molar-refractivity contribution in [3.8, 4) is 11.5 Å². The van der Waals surface area contributed by atoms with Gasteiger partial charge in [-0.25, -0.2) is 0 Å². The molecule has 1 heterocycles. The van der Waals surface area contributed by atoms with Gasteiger partial charge in [-0.2, -0.15) is 0 Å². The number of ether oxygens (including phenoxy) is 2. The fraction of sp³-hybridized carbons (Fsp3) is 0.300. The molecule has 29 heavy (non-hydrogen) atoms. The Hall–Kier alpha value is -3.23. The summed E-state index contributed by atoms with van der Waals surface area (Å²) in [4.78, 5) is 26.1. The molecule has 154 valence electrons. The van der Waals surface area contributed by atoms with Crippen molar-refractivity contribution in [3.05, 3.63) is 54.1 Å². The maximum Gasteiger partial charge on any atom is 0.573 e. The van der Waals surface area contributed by atoms with Gasteiger partial charge in [0.05, 0.1) is 5.69 Å². The van der Waals surface area contributed by atoms with Gasteiger partial charge in [0.2, 0.25) is 5.91 Å². The molecule has 1 N–H and O–H groups in total. The third kappa shape index (κ3) is 5.18. The van der Waals surface area contributed by atoms with Gasteiger partial charge in [0, 0.05) is 25.1 Å². The smallest absolute Gasteiger partial charge is 0.479 e. The van der Waals surface area contributed by atoms with E-state index in [9.17, 15) is 22.8 Å². The van der Waals surface area contributed by atoms with Crippen molar-refractivity contribution in [2.75, 3.05) is 11.4 Å². The quantitative estimate of drug-likeness (QED) is 0.796. The Balaban J connectivity index is 1.60. The van der Waals surface area contributed by atoms with Crippen molar-refractivity contribution < 1.29 is 32.2 Å². The average Bonchev–Trinajstić information content (AvgIpc) is 2.66. The zero-order chi connectivity index (χ0) is 21.0. The lowest BCUT2D eigenvalue weighted by Crippen LogP contribution is -2.45. The fourth-order valence-corrected chi connectivity index (χ4v) is 2.96. The standard InChI is InChI=1S/C20H19F3N2O4/c1-13-19(27)25(15-7-3-5-9-17(15)28-13)11-10-18(26)24-12-14-6-2-4-8-16(14)29-20(21,22)23/h2-9,13H,10-12H2,1H3,(H,24,26). The van der Waals surface area contributed by atoms with Crippen LogP contribution in [0, 0.1) is 0 Å². The Kier molecular flexibility index (Phi) is 5.95. The lowest BCUT2D eigenvalue weighted by molar-refractivity contribution is -0.274. The molecule has 1 unspecified atom stereocenters. The first kappa shape index (κ1) is 20.5. The highest BCUT2D eigenvalue weighted by molar-refractivity contribution is 6.00. The van der Waals surface area contributed by atoms with E-state index in [2.05, 4.69) is 10.1 Å². The van der Waals surface area contributed by atoms with Crippen LogP contribution in [0.2, 0.25) is 0 Å². The molecular weight excluding hydrogens is 389 g/mol. The summed E-state index contributed by atoms with van der Waals surface area (Å²) < 4.78 is 46.9. The van der Waals surface area contributed by atoms with E-state index >= 15 is 0 Å². The number of fused-ring (bicyclic) bond motifs is 1. The van der Waals surface area contributed by atoms with Crippen molar-refractivity contribution in [2.24, 2.45) is 0 Å². The molecule has 1 aliphatic heterocycles. The summed E-state index contributed by atoms with van der Waals surface area (Å²) in [6.45, 7) is 1.62. The minimum Gasteiger partial charge on any atom is -0.479 e. The molecular formula is C20H19F3N2O4. The Morgan fingerprint density at radius 3 is 2.62 bits per heavy atom. The number of para-hydroxylation sites is 3. The fourth-order valence-electron chi connectivity index (χ4n) is 2.96. The van der Waals surface area contributed by atoms with E-state index in [4.69, 9.17) is 4.74 Å². The van der Waals surface area contributed by atoms with Gasteiger partial charge in [0.15, 0.2) is 6.10 Å². The third-order valence-electron chi connectivity index (χ3n) is 4.31. The minimum absolute atomic E-state index is 0.0188. The van der Waals surface area contributed by atoms with Crippen LogP contribution in [-0.4, -0.2) is 30.8 Å². The maximum absolute atomic E-state index is 12.5. The van der Waals surface area contributed by atoms with Crippen LogP contribution < -0.4 is 19.7 Å². The SMILES string of the molecule is CC1Oc2ccccc2N(CCC(=O)NCc2ccccc2OC(F)(F)F)C1=O. The zero-order valence-electron chi connectivity index (χ0n) is 15.5. The van der Waals surface area contributed by atoms with Crippen LogP contribution in [-0.2, 0) is 16.1 Å². The second kappa shape index (κ2) is 8.42. The van der Waals surface area contributed by atoms with Crippen LogP contribution in [0.1, 0.15) is 18.9 Å². The van der Waals surface area contributed by atoms with E-state index in [-0.39, 0.29) is 36.7 Å². The van der Waals surface area contributed by atoms with Gasteiger partial charge in [0.25, 0.3) is 5.91 Å². The number of nitrogens with one attached hydrogen (secondary N) is 1. The Morgan fingerprint density at radius 2 is 1.86 bits per heavy atom. The van der Waals surface area contributed by atoms with Crippen LogP contribution in [0.15, 0.2) is 48.5 Å². The highest BCUT2D eigenvalue weighted by Gasteiger charge is 2.32. The number of anilines is 1. The van der Waals surface area contributed by atoms with Crippen molar-refractivity contribution in [2.45, 2.75) is 32.4 Å². The largest absolute Gasteiger partial charge is 0.573 e. The zero-order valence-corrected chi connectivity index (χ0v) is 15.5. The molecule has 0 spiro atoms. The van der Waals surface area contributed by atoms with Crippen LogP contribution in [0.25, 0.3) is 0 Å². The summed E-state index contributed by atoms with van der Waals surface area (Å²) in [6, 6.07) is 12.6. The van der Waals surface area contributed by atoms with Gasteiger partial charge >= 0.3 is 6.36 Å². The van der Waals surface area contributed by atoms with Gasteiger partial charge in [-0.15, -0.1) is 13.2 Å². The second-order valence-corrected chi connectivity index (χ2v) is 6.40. The first-order valence-corrected chi connectivity index (χ1v) is 8.92. The summed E-state index contributed by atoms with van der Waals surface area (Å²) in [7, 11) is 0. The minimum atomic E-state index is -4.82. The Labute approximate surface area is 165 Å². The molecule has 9 heteroatoms. The van der Waals surface area contributed by atoms with Gasteiger partial charge in [-0.1, -0.05) is 30.3 Å². The number of alkyl halides is 3. The molecule has 0 saturated carbocycles. The first-order valence-electron chi connectivity index (χ1n) is 8.92. The van der Waals surface area contributed by atoms with E-state index in [0.717, 1.165) is 0 Å². The number of nitrogens with zero attached hydrogens (tertiary/aromatic N) is 1. The molecule has 0 bridgehead atoms. The highest BCUT2D eigenvalue weighted by atomic mass is 19.4. The number of benzene rings is 2. The van der Waals surface area contributed by atoms with Crippen LogP contribution in [0.3, 0.4) is 0 Å². The van der Waals surface area contributed by atoms with Gasteiger partial charge in [-0.05, 0) is 25.1 Å². The lowest BCUT2D eigenvalue weighted by Gasteiger charge is -2.32. The number of carbonyl (C=O) groups excluding carboxylic acids is 2. The number of hydrogen-bond donors (Lipinski definition) is 1. The number of amides is 2. The van der Waals surface area contributed by atoms with Crippen molar-refractivity contribution in [1.82, 2.24) is 5.32 Å². The summed E-state index contributed by atoms with van der Waals surface area (Å²) in [6.07, 6.45) is -5.50. The first-order chi connectivity index (χ1) is 13.7. The second-order valence-electron chi connectivity index (χ2n) is 6.40. The van der Waals surface area contributed by atoms with E-state index in [1.54, 1.807) is 37.3 Å². The average molecular weight is 408 g/mol. The van der Waals surface area contributed by atoms with E-state index in [1.807, 2.05) is 0 Å². The van der Waals surface area contributed by atoms with Crippen molar-refractivity contribution >= 4 is 17.5 Å². The molecule has 0 saturated heterocycles. The molecule has 1 aliphatic rings. The Morgan fingerprint density at radius 1 is 1.17 bits per heavy atom. The lowest BCUT2D eigenvalue weighted by atomic mass is 10.1. The summed E-state index contributed by atoms with van der Waals surface area (Å²) in [5.74, 6) is -0.485. The molecule has 0 radical (unpaired) electrons. The van der Waals surface area contributed by atoms with Gasteiger partial charge < -0.3 is 19.7 Å². The molecule has 2 aromatic carbocycles. The molecule has 0 aliphatic carbocycles. The highest BCUT2D eigenvalue weighted by Crippen LogP contribution is 2.33. The molecule has 3 rings (SSSR count). The topological polar surface area (TPSA) is 67.9 Å². The molecule has 0 fully saturated rings. The molecule has 2 amide bonds. The van der Waals surface area contributed by atoms with E-state index in [0.29, 0.717) is 11.4 Å². The molecule has 6 nitrogen and oxygen atoms in total. The van der Waals surface area contributed by atoms with Gasteiger partial charge in [0.1, 0.15) is 11.5 Å². The third-order valence-corrected chi connectivity index (χ3v) is 4.31. The van der Waals surface area contributed by atoms with Crippen molar-refractivity contribution in [1.29, 1.82) is 0 Å². The maximum atomic E-state index is 12.5. The number of rotatable bonds is 6. The van der Waals surface area contributed by atoms with E-state index < -0.39 is 18.4 Å².